The standard InChI is InChI=1S/C14H20N4O3/c1-17(11-5-3-2-4-6-11)12-8-7-10(14(15)16-19)9-13(12)18(20)21/h7-9,11,19H,2-6H2,1H3,(H2,15,16). The Balaban J connectivity index is 2.35. The number of nitrogens with zero attached hydrogens (tertiary/aromatic N) is 3. The van der Waals surface area contributed by atoms with Crippen LogP contribution in [0.1, 0.15) is 37.7 Å². The number of nitro benzene ring substituents is 1. The van der Waals surface area contributed by atoms with Crippen LogP contribution in [0, 0.1) is 10.1 Å². The zero-order valence-corrected chi connectivity index (χ0v) is 12.0. The van der Waals surface area contributed by atoms with Gasteiger partial charge in [-0.15, -0.1) is 0 Å². The van der Waals surface area contributed by atoms with Crippen LogP contribution in [0.5, 0.6) is 0 Å². The summed E-state index contributed by atoms with van der Waals surface area (Å²) in [6.45, 7) is 0. The van der Waals surface area contributed by atoms with E-state index in [4.69, 9.17) is 10.9 Å². The van der Waals surface area contributed by atoms with Gasteiger partial charge in [0.2, 0.25) is 0 Å². The number of nitrogens with two attached hydrogens (primary N) is 1. The Morgan fingerprint density at radius 3 is 2.67 bits per heavy atom. The molecule has 1 aliphatic carbocycles. The van der Waals surface area contributed by atoms with Crippen molar-refractivity contribution in [1.82, 2.24) is 0 Å². The number of hydrogen-bond acceptors (Lipinski definition) is 5. The van der Waals surface area contributed by atoms with Crippen molar-refractivity contribution in [3.63, 3.8) is 0 Å². The molecule has 1 saturated carbocycles. The molecule has 1 aliphatic rings. The molecule has 0 radical (unpaired) electrons. The zero-order valence-electron chi connectivity index (χ0n) is 12.0. The Morgan fingerprint density at radius 1 is 1.43 bits per heavy atom. The third-order valence-corrected chi connectivity index (χ3v) is 4.08. The minimum atomic E-state index is -0.428. The van der Waals surface area contributed by atoms with Crippen molar-refractivity contribution in [1.29, 1.82) is 0 Å². The number of nitro groups is 1. The van der Waals surface area contributed by atoms with Crippen molar-refractivity contribution in [3.8, 4) is 0 Å². The van der Waals surface area contributed by atoms with Crippen LogP contribution < -0.4 is 10.6 Å². The Bertz CT molecular complexity index is 553. The van der Waals surface area contributed by atoms with Crippen LogP contribution >= 0.6 is 0 Å². The van der Waals surface area contributed by atoms with Gasteiger partial charge >= 0.3 is 0 Å². The highest BCUT2D eigenvalue weighted by Crippen LogP contribution is 2.33. The smallest absolute Gasteiger partial charge is 0.293 e. The lowest BCUT2D eigenvalue weighted by Crippen LogP contribution is -2.33. The van der Waals surface area contributed by atoms with E-state index in [1.165, 1.54) is 12.5 Å². The third-order valence-electron chi connectivity index (χ3n) is 4.08. The van der Waals surface area contributed by atoms with Gasteiger partial charge in [-0.25, -0.2) is 0 Å². The molecule has 0 spiro atoms. The Labute approximate surface area is 123 Å². The first-order valence-electron chi connectivity index (χ1n) is 7.03. The van der Waals surface area contributed by atoms with Gasteiger partial charge in [0.05, 0.1) is 4.92 Å². The van der Waals surface area contributed by atoms with Crippen molar-refractivity contribution in [3.05, 3.63) is 33.9 Å². The van der Waals surface area contributed by atoms with Crippen molar-refractivity contribution in [2.45, 2.75) is 38.1 Å². The molecule has 0 saturated heterocycles. The number of oxime groups is 1. The molecule has 0 bridgehead atoms. The maximum absolute atomic E-state index is 11.3. The molecule has 0 aromatic heterocycles. The lowest BCUT2D eigenvalue weighted by molar-refractivity contribution is -0.384. The minimum absolute atomic E-state index is 0.0211. The van der Waals surface area contributed by atoms with E-state index in [0.717, 1.165) is 25.7 Å². The van der Waals surface area contributed by atoms with Crippen molar-refractivity contribution >= 4 is 17.2 Å². The molecular formula is C14H20N4O3. The van der Waals surface area contributed by atoms with Crippen LogP contribution in [0.3, 0.4) is 0 Å². The quantitative estimate of drug-likeness (QED) is 0.291. The largest absolute Gasteiger partial charge is 0.409 e. The van der Waals surface area contributed by atoms with E-state index in [9.17, 15) is 10.1 Å². The molecule has 114 valence electrons. The SMILES string of the molecule is CN(c1ccc(C(N)=NO)cc1[N+](=O)[O-])C1CCCCC1. The van der Waals surface area contributed by atoms with E-state index < -0.39 is 4.92 Å². The van der Waals surface area contributed by atoms with Gasteiger partial charge in [0.1, 0.15) is 5.69 Å². The predicted octanol–water partition coefficient (Wildman–Crippen LogP) is 2.46. The first-order chi connectivity index (χ1) is 10.0. The van der Waals surface area contributed by atoms with Crippen LogP contribution in [-0.4, -0.2) is 29.1 Å². The summed E-state index contributed by atoms with van der Waals surface area (Å²) in [4.78, 5) is 12.9. The zero-order chi connectivity index (χ0) is 15.4. The van der Waals surface area contributed by atoms with Crippen molar-refractivity contribution in [2.75, 3.05) is 11.9 Å². The third kappa shape index (κ3) is 3.24. The topological polar surface area (TPSA) is 105 Å². The monoisotopic (exact) mass is 292 g/mol. The van der Waals surface area contributed by atoms with Gasteiger partial charge in [-0.2, -0.15) is 0 Å². The fraction of sp³-hybridized carbons (Fsp3) is 0.500. The van der Waals surface area contributed by atoms with Crippen LogP contribution in [-0.2, 0) is 0 Å². The second kappa shape index (κ2) is 6.43. The summed E-state index contributed by atoms with van der Waals surface area (Å²) in [7, 11) is 1.89. The van der Waals surface area contributed by atoms with E-state index >= 15 is 0 Å². The lowest BCUT2D eigenvalue weighted by Gasteiger charge is -2.32. The van der Waals surface area contributed by atoms with Crippen LogP contribution in [0.15, 0.2) is 23.4 Å². The van der Waals surface area contributed by atoms with Gasteiger partial charge < -0.3 is 15.8 Å². The minimum Gasteiger partial charge on any atom is -0.409 e. The number of anilines is 1. The highest BCUT2D eigenvalue weighted by Gasteiger charge is 2.25. The molecule has 0 aliphatic heterocycles. The van der Waals surface area contributed by atoms with E-state index in [1.54, 1.807) is 12.1 Å². The molecule has 1 fully saturated rings. The summed E-state index contributed by atoms with van der Waals surface area (Å²) in [6.07, 6.45) is 5.65. The summed E-state index contributed by atoms with van der Waals surface area (Å²) < 4.78 is 0. The molecule has 0 amide bonds. The van der Waals surface area contributed by atoms with E-state index in [-0.39, 0.29) is 11.5 Å². The normalized spacial score (nSPS) is 16.7. The molecule has 0 atom stereocenters. The molecule has 2 rings (SSSR count). The molecule has 1 aromatic carbocycles. The average molecular weight is 292 g/mol. The van der Waals surface area contributed by atoms with Gasteiger partial charge in [0.25, 0.3) is 5.69 Å². The van der Waals surface area contributed by atoms with Crippen molar-refractivity contribution in [2.24, 2.45) is 10.9 Å². The fourth-order valence-corrected chi connectivity index (χ4v) is 2.85. The second-order valence-electron chi connectivity index (χ2n) is 5.35. The Kier molecular flexibility index (Phi) is 4.62. The fourth-order valence-electron chi connectivity index (χ4n) is 2.85. The summed E-state index contributed by atoms with van der Waals surface area (Å²) in [5.74, 6) is -0.134. The highest BCUT2D eigenvalue weighted by molar-refractivity contribution is 5.98. The number of hydrogen-bond donors (Lipinski definition) is 2. The number of benzene rings is 1. The second-order valence-corrected chi connectivity index (χ2v) is 5.35. The van der Waals surface area contributed by atoms with E-state index in [0.29, 0.717) is 17.3 Å². The van der Waals surface area contributed by atoms with Gasteiger partial charge in [-0.3, -0.25) is 10.1 Å². The molecule has 7 nitrogen and oxygen atoms in total. The highest BCUT2D eigenvalue weighted by atomic mass is 16.6. The van der Waals surface area contributed by atoms with E-state index in [1.807, 2.05) is 11.9 Å². The molecule has 3 N–H and O–H groups in total. The maximum Gasteiger partial charge on any atom is 0.293 e. The molecule has 0 heterocycles. The van der Waals surface area contributed by atoms with Crippen LogP contribution in [0.4, 0.5) is 11.4 Å². The van der Waals surface area contributed by atoms with Gasteiger partial charge in [-0.05, 0) is 25.0 Å². The van der Waals surface area contributed by atoms with Crippen LogP contribution in [0.2, 0.25) is 0 Å². The van der Waals surface area contributed by atoms with E-state index in [2.05, 4.69) is 5.16 Å². The summed E-state index contributed by atoms with van der Waals surface area (Å²) >= 11 is 0. The van der Waals surface area contributed by atoms with Crippen molar-refractivity contribution < 1.29 is 10.1 Å². The first kappa shape index (κ1) is 15.1. The number of amidine groups is 1. The number of rotatable bonds is 4. The predicted molar refractivity (Wildman–Crippen MR) is 80.9 cm³/mol. The molecule has 7 heteroatoms. The average Bonchev–Trinajstić information content (AvgIpc) is 2.53. The lowest BCUT2D eigenvalue weighted by atomic mass is 9.94. The molecule has 21 heavy (non-hydrogen) atoms. The molecule has 1 aromatic rings. The van der Waals surface area contributed by atoms with Gasteiger partial charge in [-0.1, -0.05) is 24.4 Å². The first-order valence-corrected chi connectivity index (χ1v) is 7.03. The van der Waals surface area contributed by atoms with Gasteiger partial charge in [0.15, 0.2) is 5.84 Å². The summed E-state index contributed by atoms with van der Waals surface area (Å²) in [5.41, 5.74) is 6.38. The molecule has 0 unspecified atom stereocenters. The Morgan fingerprint density at radius 2 is 2.10 bits per heavy atom. The summed E-state index contributed by atoms with van der Waals surface area (Å²) in [6, 6.07) is 4.98. The van der Waals surface area contributed by atoms with Crippen LogP contribution in [0.25, 0.3) is 0 Å². The van der Waals surface area contributed by atoms with Gasteiger partial charge in [0, 0.05) is 24.7 Å². The Hall–Kier alpha value is -2.31. The molecular weight excluding hydrogens is 272 g/mol. The maximum atomic E-state index is 11.3. The summed E-state index contributed by atoms with van der Waals surface area (Å²) in [5, 5.41) is 22.9.